The number of amides is 1. The summed E-state index contributed by atoms with van der Waals surface area (Å²) in [6.45, 7) is 8.79. The van der Waals surface area contributed by atoms with Crippen molar-refractivity contribution in [1.82, 2.24) is 9.88 Å². The molecule has 1 fully saturated rings. The molecule has 8 heteroatoms. The van der Waals surface area contributed by atoms with E-state index in [0.717, 1.165) is 18.2 Å². The molecule has 1 saturated heterocycles. The van der Waals surface area contributed by atoms with Gasteiger partial charge in [0.15, 0.2) is 0 Å². The Morgan fingerprint density at radius 1 is 1.23 bits per heavy atom. The van der Waals surface area contributed by atoms with Crippen LogP contribution in [0.4, 0.5) is 10.5 Å². The highest BCUT2D eigenvalue weighted by atomic mass is 16.6. The second kappa shape index (κ2) is 9.41. The van der Waals surface area contributed by atoms with Gasteiger partial charge in [-0.05, 0) is 46.6 Å². The number of rotatable bonds is 5. The molecule has 1 aliphatic rings. The second-order valence-corrected chi connectivity index (χ2v) is 8.51. The number of nitrogens with zero attached hydrogens (tertiary/aromatic N) is 2. The molecular formula is C23H31N3O5. The Kier molecular flexibility index (Phi) is 6.87. The average molecular weight is 430 g/mol. The number of pyridine rings is 1. The van der Waals surface area contributed by atoms with Crippen molar-refractivity contribution in [2.75, 3.05) is 32.1 Å². The molecule has 0 saturated carbocycles. The number of benzene rings is 1. The first-order valence-electron chi connectivity index (χ1n) is 10.6. The Morgan fingerprint density at radius 3 is 2.55 bits per heavy atom. The summed E-state index contributed by atoms with van der Waals surface area (Å²) in [7, 11) is 1.59. The van der Waals surface area contributed by atoms with E-state index in [9.17, 15) is 9.59 Å². The van der Waals surface area contributed by atoms with Gasteiger partial charge in [-0.25, -0.2) is 9.59 Å². The number of carbonyl (C=O) groups excluding carboxylic acids is 2. The van der Waals surface area contributed by atoms with Gasteiger partial charge in [-0.3, -0.25) is 4.98 Å². The van der Waals surface area contributed by atoms with Gasteiger partial charge in [0, 0.05) is 30.7 Å². The van der Waals surface area contributed by atoms with E-state index in [0.29, 0.717) is 35.6 Å². The Bertz CT molecular complexity index is 946. The van der Waals surface area contributed by atoms with Crippen LogP contribution in [0.5, 0.6) is 5.75 Å². The van der Waals surface area contributed by atoms with Crippen molar-refractivity contribution in [1.29, 1.82) is 0 Å². The molecule has 1 aromatic heterocycles. The standard InChI is InChI=1S/C23H31N3O5/c1-6-30-21(27)17-14-24-20-16(8-7-9-18(20)29-5)19(17)25-15-10-12-26(13-11-15)22(28)31-23(2,3)4/h7-9,14-15H,6,10-13H2,1-5H3,(H,24,25). The summed E-state index contributed by atoms with van der Waals surface area (Å²) in [5, 5.41) is 4.31. The van der Waals surface area contributed by atoms with Crippen molar-refractivity contribution in [2.45, 2.75) is 52.2 Å². The van der Waals surface area contributed by atoms with Crippen LogP contribution in [0.2, 0.25) is 0 Å². The van der Waals surface area contributed by atoms with Gasteiger partial charge in [-0.15, -0.1) is 0 Å². The van der Waals surface area contributed by atoms with Gasteiger partial charge in [-0.1, -0.05) is 12.1 Å². The van der Waals surface area contributed by atoms with Gasteiger partial charge in [0.05, 0.1) is 19.4 Å². The van der Waals surface area contributed by atoms with E-state index in [1.807, 2.05) is 39.0 Å². The zero-order valence-corrected chi connectivity index (χ0v) is 18.9. The summed E-state index contributed by atoms with van der Waals surface area (Å²) in [5.74, 6) is 0.212. The predicted octanol–water partition coefficient (Wildman–Crippen LogP) is 4.23. The summed E-state index contributed by atoms with van der Waals surface area (Å²) in [6, 6.07) is 5.70. The molecule has 0 spiro atoms. The van der Waals surface area contributed by atoms with E-state index in [-0.39, 0.29) is 18.7 Å². The van der Waals surface area contributed by atoms with Gasteiger partial charge in [0.25, 0.3) is 0 Å². The highest BCUT2D eigenvalue weighted by molar-refractivity contribution is 6.06. The lowest BCUT2D eigenvalue weighted by atomic mass is 10.0. The zero-order valence-electron chi connectivity index (χ0n) is 18.9. The first-order valence-corrected chi connectivity index (χ1v) is 10.6. The van der Waals surface area contributed by atoms with Gasteiger partial charge >= 0.3 is 12.1 Å². The summed E-state index contributed by atoms with van der Waals surface area (Å²) in [4.78, 5) is 31.1. The monoisotopic (exact) mass is 429 g/mol. The number of esters is 1. The van der Waals surface area contributed by atoms with E-state index < -0.39 is 11.6 Å². The third kappa shape index (κ3) is 5.37. The van der Waals surface area contributed by atoms with Crippen LogP contribution < -0.4 is 10.1 Å². The predicted molar refractivity (Wildman–Crippen MR) is 119 cm³/mol. The topological polar surface area (TPSA) is 90.0 Å². The molecule has 1 N–H and O–H groups in total. The molecule has 1 amide bonds. The van der Waals surface area contributed by atoms with Crippen LogP contribution >= 0.6 is 0 Å². The largest absolute Gasteiger partial charge is 0.494 e. The Hall–Kier alpha value is -3.03. The minimum atomic E-state index is -0.518. The minimum absolute atomic E-state index is 0.0867. The maximum atomic E-state index is 12.6. The number of hydrogen-bond donors (Lipinski definition) is 1. The summed E-state index contributed by atoms with van der Waals surface area (Å²) in [6.07, 6.45) is 2.70. The second-order valence-electron chi connectivity index (χ2n) is 8.51. The maximum absolute atomic E-state index is 12.6. The quantitative estimate of drug-likeness (QED) is 0.711. The van der Waals surface area contributed by atoms with E-state index in [1.54, 1.807) is 18.9 Å². The molecule has 0 aliphatic carbocycles. The molecule has 0 unspecified atom stereocenters. The van der Waals surface area contributed by atoms with Gasteiger partial charge in [0.1, 0.15) is 22.4 Å². The molecule has 0 radical (unpaired) electrons. The molecule has 0 bridgehead atoms. The number of likely N-dealkylation sites (tertiary alicyclic amines) is 1. The molecule has 8 nitrogen and oxygen atoms in total. The van der Waals surface area contributed by atoms with Crippen LogP contribution in [0.25, 0.3) is 10.9 Å². The molecule has 0 atom stereocenters. The molecule has 1 aromatic carbocycles. The lowest BCUT2D eigenvalue weighted by Gasteiger charge is -2.34. The minimum Gasteiger partial charge on any atom is -0.494 e. The van der Waals surface area contributed by atoms with E-state index in [1.165, 1.54) is 6.20 Å². The zero-order chi connectivity index (χ0) is 22.6. The number of nitrogens with one attached hydrogen (secondary N) is 1. The first kappa shape index (κ1) is 22.7. The number of para-hydroxylation sites is 1. The maximum Gasteiger partial charge on any atom is 0.410 e. The number of aromatic nitrogens is 1. The van der Waals surface area contributed by atoms with Crippen molar-refractivity contribution in [3.8, 4) is 5.75 Å². The van der Waals surface area contributed by atoms with E-state index >= 15 is 0 Å². The van der Waals surface area contributed by atoms with Gasteiger partial charge in [-0.2, -0.15) is 0 Å². The van der Waals surface area contributed by atoms with Gasteiger partial charge < -0.3 is 24.4 Å². The molecule has 168 valence electrons. The number of hydrogen-bond acceptors (Lipinski definition) is 7. The van der Waals surface area contributed by atoms with Crippen LogP contribution in [0.3, 0.4) is 0 Å². The number of carbonyl (C=O) groups is 2. The lowest BCUT2D eigenvalue weighted by molar-refractivity contribution is 0.0210. The number of anilines is 1. The number of fused-ring (bicyclic) bond motifs is 1. The average Bonchev–Trinajstić information content (AvgIpc) is 2.73. The van der Waals surface area contributed by atoms with Crippen molar-refractivity contribution in [3.05, 3.63) is 30.0 Å². The SMILES string of the molecule is CCOC(=O)c1cnc2c(OC)cccc2c1NC1CCN(C(=O)OC(C)(C)C)CC1. The summed E-state index contributed by atoms with van der Waals surface area (Å²) < 4.78 is 16.1. The third-order valence-corrected chi connectivity index (χ3v) is 5.07. The molecule has 1 aliphatic heterocycles. The Labute approximate surface area is 182 Å². The Balaban J connectivity index is 1.83. The van der Waals surface area contributed by atoms with Crippen molar-refractivity contribution in [2.24, 2.45) is 0 Å². The molecule has 3 rings (SSSR count). The Morgan fingerprint density at radius 2 is 1.94 bits per heavy atom. The highest BCUT2D eigenvalue weighted by Crippen LogP contribution is 2.33. The number of ether oxygens (including phenoxy) is 3. The van der Waals surface area contributed by atoms with E-state index in [2.05, 4.69) is 10.3 Å². The lowest BCUT2D eigenvalue weighted by Crippen LogP contribution is -2.44. The number of piperidine rings is 1. The molecule has 31 heavy (non-hydrogen) atoms. The molecule has 2 heterocycles. The van der Waals surface area contributed by atoms with Crippen molar-refractivity contribution in [3.63, 3.8) is 0 Å². The normalized spacial score (nSPS) is 14.9. The van der Waals surface area contributed by atoms with Crippen LogP contribution in [0.15, 0.2) is 24.4 Å². The van der Waals surface area contributed by atoms with Crippen LogP contribution in [0.1, 0.15) is 50.9 Å². The first-order chi connectivity index (χ1) is 14.7. The van der Waals surface area contributed by atoms with Crippen LogP contribution in [-0.2, 0) is 9.47 Å². The van der Waals surface area contributed by atoms with Crippen molar-refractivity contribution < 1.29 is 23.8 Å². The molecule has 2 aromatic rings. The third-order valence-electron chi connectivity index (χ3n) is 5.07. The fraction of sp³-hybridized carbons (Fsp3) is 0.522. The smallest absolute Gasteiger partial charge is 0.410 e. The fourth-order valence-corrected chi connectivity index (χ4v) is 3.62. The highest BCUT2D eigenvalue weighted by Gasteiger charge is 2.28. The van der Waals surface area contributed by atoms with Crippen LogP contribution in [0, 0.1) is 0 Å². The fourth-order valence-electron chi connectivity index (χ4n) is 3.62. The summed E-state index contributed by atoms with van der Waals surface area (Å²) in [5.41, 5.74) is 1.22. The van der Waals surface area contributed by atoms with Crippen LogP contribution in [-0.4, -0.2) is 60.4 Å². The summed E-state index contributed by atoms with van der Waals surface area (Å²) >= 11 is 0. The molecular weight excluding hydrogens is 398 g/mol. The van der Waals surface area contributed by atoms with Crippen molar-refractivity contribution >= 4 is 28.7 Å². The van der Waals surface area contributed by atoms with Gasteiger partial charge in [0.2, 0.25) is 0 Å². The van der Waals surface area contributed by atoms with E-state index in [4.69, 9.17) is 14.2 Å². The number of methoxy groups -OCH3 is 1.